The molecule has 8 heteroatoms. The van der Waals surface area contributed by atoms with E-state index in [1.807, 2.05) is 29.6 Å². The number of fused-ring (bicyclic) bond motifs is 1. The zero-order valence-electron chi connectivity index (χ0n) is 14.8. The Morgan fingerprint density at radius 3 is 2.64 bits per heavy atom. The summed E-state index contributed by atoms with van der Waals surface area (Å²) < 4.78 is 28.6. The number of hydrogen-bond acceptors (Lipinski definition) is 4. The molecule has 4 rings (SSSR count). The first-order valence-electron chi connectivity index (χ1n) is 8.66. The second-order valence-corrected chi connectivity index (χ2v) is 9.93. The summed E-state index contributed by atoms with van der Waals surface area (Å²) in [5, 5.41) is 1.89. The van der Waals surface area contributed by atoms with Gasteiger partial charge in [-0.1, -0.05) is 24.3 Å². The van der Waals surface area contributed by atoms with Crippen molar-refractivity contribution >= 4 is 48.9 Å². The molecule has 0 bridgehead atoms. The molecule has 0 saturated heterocycles. The average molecular weight is 477 g/mol. The topological polar surface area (TPSA) is 66.5 Å². The van der Waals surface area contributed by atoms with Crippen LogP contribution in [0.25, 0.3) is 0 Å². The minimum absolute atomic E-state index is 0.0137. The van der Waals surface area contributed by atoms with E-state index in [0.29, 0.717) is 28.1 Å². The monoisotopic (exact) mass is 476 g/mol. The Hall–Kier alpha value is -2.16. The fraction of sp³-hybridized carbons (Fsp3) is 0.150. The summed E-state index contributed by atoms with van der Waals surface area (Å²) in [6, 6.07) is 15.9. The molecule has 0 fully saturated rings. The fourth-order valence-corrected chi connectivity index (χ4v) is 5.97. The fourth-order valence-electron chi connectivity index (χ4n) is 3.22. The van der Waals surface area contributed by atoms with Crippen LogP contribution in [0.4, 0.5) is 5.69 Å². The van der Waals surface area contributed by atoms with Gasteiger partial charge in [0.2, 0.25) is 0 Å². The van der Waals surface area contributed by atoms with Gasteiger partial charge >= 0.3 is 0 Å². The minimum Gasteiger partial charge on any atom is -0.333 e. The van der Waals surface area contributed by atoms with Gasteiger partial charge in [0.15, 0.2) is 0 Å². The van der Waals surface area contributed by atoms with Gasteiger partial charge in [-0.2, -0.15) is 0 Å². The molecule has 1 aromatic heterocycles. The summed E-state index contributed by atoms with van der Waals surface area (Å²) >= 11 is 4.71. The standard InChI is InChI=1S/C20H17BrN2O3S2/c21-17-4-1-2-6-19(17)28(25,26)22-16-8-7-14-9-10-23(13-15(14)12-16)20(24)18-5-3-11-27-18/h1-8,11-12,22H,9-10,13H2. The SMILES string of the molecule is O=C(c1cccs1)N1CCc2ccc(NS(=O)(=O)c3ccccc3Br)cc2C1. The number of rotatable bonds is 4. The molecule has 0 spiro atoms. The number of amides is 1. The van der Waals surface area contributed by atoms with Crippen LogP contribution in [0.5, 0.6) is 0 Å². The average Bonchev–Trinajstić information content (AvgIpc) is 3.21. The third-order valence-electron chi connectivity index (χ3n) is 4.62. The molecule has 144 valence electrons. The molecule has 2 heterocycles. The first kappa shape index (κ1) is 19.2. The van der Waals surface area contributed by atoms with Crippen LogP contribution in [-0.4, -0.2) is 25.8 Å². The smallest absolute Gasteiger partial charge is 0.264 e. The maximum absolute atomic E-state index is 12.7. The zero-order chi connectivity index (χ0) is 19.7. The van der Waals surface area contributed by atoms with Crippen molar-refractivity contribution in [3.05, 3.63) is 80.5 Å². The highest BCUT2D eigenvalue weighted by Crippen LogP contribution is 2.27. The Kier molecular flexibility index (Phi) is 5.27. The number of nitrogens with zero attached hydrogens (tertiary/aromatic N) is 1. The van der Waals surface area contributed by atoms with Crippen LogP contribution in [0, 0.1) is 0 Å². The molecule has 0 atom stereocenters. The third-order valence-corrected chi connectivity index (χ3v) is 7.87. The second kappa shape index (κ2) is 7.69. The maximum Gasteiger partial charge on any atom is 0.264 e. The van der Waals surface area contributed by atoms with Crippen molar-refractivity contribution in [1.82, 2.24) is 4.90 Å². The Bertz CT molecular complexity index is 1130. The highest BCUT2D eigenvalue weighted by atomic mass is 79.9. The van der Waals surface area contributed by atoms with Gasteiger partial charge in [0.25, 0.3) is 15.9 Å². The van der Waals surface area contributed by atoms with Crippen molar-refractivity contribution < 1.29 is 13.2 Å². The number of halogens is 1. The van der Waals surface area contributed by atoms with E-state index in [2.05, 4.69) is 20.7 Å². The molecule has 1 aliphatic rings. The number of carbonyl (C=O) groups excluding carboxylic acids is 1. The molecule has 1 aliphatic heterocycles. The minimum atomic E-state index is -3.71. The van der Waals surface area contributed by atoms with Crippen LogP contribution < -0.4 is 4.72 Å². The largest absolute Gasteiger partial charge is 0.333 e. The zero-order valence-corrected chi connectivity index (χ0v) is 18.0. The van der Waals surface area contributed by atoms with E-state index in [-0.39, 0.29) is 10.8 Å². The van der Waals surface area contributed by atoms with E-state index in [9.17, 15) is 13.2 Å². The molecular weight excluding hydrogens is 460 g/mol. The van der Waals surface area contributed by atoms with E-state index >= 15 is 0 Å². The third kappa shape index (κ3) is 3.85. The van der Waals surface area contributed by atoms with Crippen LogP contribution in [-0.2, 0) is 23.0 Å². The van der Waals surface area contributed by atoms with Gasteiger partial charge in [0.1, 0.15) is 4.90 Å². The molecule has 1 amide bonds. The molecule has 0 aliphatic carbocycles. The van der Waals surface area contributed by atoms with E-state index in [0.717, 1.165) is 17.5 Å². The van der Waals surface area contributed by atoms with Crippen molar-refractivity contribution in [2.24, 2.45) is 0 Å². The summed E-state index contributed by atoms with van der Waals surface area (Å²) in [6.45, 7) is 1.13. The van der Waals surface area contributed by atoms with Gasteiger partial charge in [0.05, 0.1) is 4.88 Å². The number of thiophene rings is 1. The van der Waals surface area contributed by atoms with Crippen molar-refractivity contribution in [3.8, 4) is 0 Å². The van der Waals surface area contributed by atoms with Crippen LogP contribution in [0.3, 0.4) is 0 Å². The van der Waals surface area contributed by atoms with Crippen molar-refractivity contribution in [2.75, 3.05) is 11.3 Å². The predicted molar refractivity (Wildman–Crippen MR) is 114 cm³/mol. The summed E-state index contributed by atoms with van der Waals surface area (Å²) in [7, 11) is -3.71. The van der Waals surface area contributed by atoms with Gasteiger partial charge in [-0.05, 0) is 69.2 Å². The summed E-state index contributed by atoms with van der Waals surface area (Å²) in [5.41, 5.74) is 2.59. The molecular formula is C20H17BrN2O3S2. The van der Waals surface area contributed by atoms with Crippen molar-refractivity contribution in [3.63, 3.8) is 0 Å². The lowest BCUT2D eigenvalue weighted by molar-refractivity contribution is 0.0739. The number of carbonyl (C=O) groups is 1. The quantitative estimate of drug-likeness (QED) is 0.602. The molecule has 0 saturated carbocycles. The van der Waals surface area contributed by atoms with Crippen LogP contribution in [0.1, 0.15) is 20.8 Å². The Morgan fingerprint density at radius 2 is 1.89 bits per heavy atom. The molecule has 1 N–H and O–H groups in total. The maximum atomic E-state index is 12.7. The first-order valence-corrected chi connectivity index (χ1v) is 11.8. The summed E-state index contributed by atoms with van der Waals surface area (Å²) in [4.78, 5) is 15.3. The van der Waals surface area contributed by atoms with E-state index < -0.39 is 10.0 Å². The Balaban J connectivity index is 1.57. The van der Waals surface area contributed by atoms with Gasteiger partial charge in [0, 0.05) is 23.2 Å². The highest BCUT2D eigenvalue weighted by Gasteiger charge is 2.23. The van der Waals surface area contributed by atoms with Crippen LogP contribution >= 0.6 is 27.3 Å². The van der Waals surface area contributed by atoms with Gasteiger partial charge in [-0.15, -0.1) is 11.3 Å². The molecule has 28 heavy (non-hydrogen) atoms. The normalized spacial score (nSPS) is 13.8. The van der Waals surface area contributed by atoms with Gasteiger partial charge in [-0.3, -0.25) is 9.52 Å². The predicted octanol–water partition coefficient (Wildman–Crippen LogP) is 4.51. The number of sulfonamides is 1. The summed E-state index contributed by atoms with van der Waals surface area (Å²) in [6.07, 6.45) is 0.754. The number of anilines is 1. The van der Waals surface area contributed by atoms with Crippen molar-refractivity contribution in [1.29, 1.82) is 0 Å². The molecule has 3 aromatic rings. The lowest BCUT2D eigenvalue weighted by Crippen LogP contribution is -2.35. The lowest BCUT2D eigenvalue weighted by Gasteiger charge is -2.29. The molecule has 0 radical (unpaired) electrons. The van der Waals surface area contributed by atoms with E-state index in [1.165, 1.54) is 11.3 Å². The molecule has 5 nitrogen and oxygen atoms in total. The Morgan fingerprint density at radius 1 is 1.07 bits per heavy atom. The second-order valence-electron chi connectivity index (χ2n) is 6.47. The van der Waals surface area contributed by atoms with E-state index in [1.54, 1.807) is 35.2 Å². The van der Waals surface area contributed by atoms with E-state index in [4.69, 9.17) is 0 Å². The molecule has 0 unspecified atom stereocenters. The van der Waals surface area contributed by atoms with Gasteiger partial charge < -0.3 is 4.90 Å². The van der Waals surface area contributed by atoms with Crippen LogP contribution in [0.15, 0.2) is 69.3 Å². The highest BCUT2D eigenvalue weighted by molar-refractivity contribution is 9.10. The number of hydrogen-bond donors (Lipinski definition) is 1. The Labute approximate surface area is 176 Å². The summed E-state index contributed by atoms with van der Waals surface area (Å²) in [5.74, 6) is 0.0137. The first-order chi connectivity index (χ1) is 13.4. The van der Waals surface area contributed by atoms with Crippen molar-refractivity contribution in [2.45, 2.75) is 17.9 Å². The van der Waals surface area contributed by atoms with Gasteiger partial charge in [-0.25, -0.2) is 8.42 Å². The molecule has 2 aromatic carbocycles. The lowest BCUT2D eigenvalue weighted by atomic mass is 9.99. The number of nitrogens with one attached hydrogen (secondary N) is 1. The number of benzene rings is 2. The van der Waals surface area contributed by atoms with Crippen LogP contribution in [0.2, 0.25) is 0 Å².